The van der Waals surface area contributed by atoms with Gasteiger partial charge in [-0.05, 0) is 67.3 Å². The fourth-order valence-electron chi connectivity index (χ4n) is 4.65. The molecule has 2 aliphatic rings. The average Bonchev–Trinajstić information content (AvgIpc) is 2.93. The average molecular weight is 577 g/mol. The first-order valence-corrected chi connectivity index (χ1v) is 13.8. The van der Waals surface area contributed by atoms with E-state index in [1.165, 1.54) is 6.92 Å². The molecule has 0 spiro atoms. The van der Waals surface area contributed by atoms with E-state index in [1.54, 1.807) is 12.3 Å². The molecule has 4 rings (SSSR count). The van der Waals surface area contributed by atoms with Crippen molar-refractivity contribution in [2.45, 2.75) is 46.6 Å². The number of hydrogen-bond donors (Lipinski definition) is 0. The normalized spacial score (nSPS) is 20.4. The van der Waals surface area contributed by atoms with Crippen LogP contribution < -0.4 is 4.90 Å². The van der Waals surface area contributed by atoms with E-state index in [9.17, 15) is 14.4 Å². The molecule has 1 aliphatic heterocycles. The summed E-state index contributed by atoms with van der Waals surface area (Å²) in [5, 5.41) is 0.517. The molecule has 0 radical (unpaired) electrons. The summed E-state index contributed by atoms with van der Waals surface area (Å²) in [4.78, 5) is 40.4. The molecule has 0 aromatic heterocycles. The minimum Gasteiger partial charge on any atom is -0.443 e. The molecule has 2 aromatic rings. The number of Topliss-reactive ketones (excluding diaryl/α,β-unsaturated/α-hetero) is 2. The summed E-state index contributed by atoms with van der Waals surface area (Å²) in [6, 6.07) is 15.5. The van der Waals surface area contributed by atoms with Crippen molar-refractivity contribution < 1.29 is 19.1 Å². The van der Waals surface area contributed by atoms with Gasteiger partial charge in [-0.25, -0.2) is 0 Å². The zero-order chi connectivity index (χ0) is 29.2. The molecule has 2 aromatic carbocycles. The predicted molar refractivity (Wildman–Crippen MR) is 161 cm³/mol. The number of anilines is 1. The summed E-state index contributed by atoms with van der Waals surface area (Å²) in [6.45, 7) is 8.76. The van der Waals surface area contributed by atoms with Gasteiger partial charge in [0.25, 0.3) is 0 Å². The van der Waals surface area contributed by atoms with Crippen molar-refractivity contribution in [2.75, 3.05) is 4.90 Å². The van der Waals surface area contributed by atoms with Crippen LogP contribution in [-0.2, 0) is 19.1 Å². The zero-order valence-corrected chi connectivity index (χ0v) is 24.6. The monoisotopic (exact) mass is 575 g/mol. The Hall–Kier alpha value is -3.67. The smallest absolute Gasteiger partial charge is 0.304 e. The minimum atomic E-state index is -2.03. The van der Waals surface area contributed by atoms with Crippen LogP contribution in [0.15, 0.2) is 106 Å². The van der Waals surface area contributed by atoms with Gasteiger partial charge in [0.05, 0.1) is 5.03 Å². The van der Waals surface area contributed by atoms with Gasteiger partial charge in [-0.1, -0.05) is 85.5 Å². The number of hydrogen-bond acceptors (Lipinski definition) is 5. The second-order valence-electron chi connectivity index (χ2n) is 10.2. The van der Waals surface area contributed by atoms with Crippen LogP contribution in [0.5, 0.6) is 0 Å². The second-order valence-corrected chi connectivity index (χ2v) is 11.0. The Bertz CT molecular complexity index is 1510. The number of benzene rings is 2. The van der Waals surface area contributed by atoms with E-state index in [0.29, 0.717) is 22.2 Å². The van der Waals surface area contributed by atoms with Crippen molar-refractivity contribution in [3.05, 3.63) is 112 Å². The highest BCUT2D eigenvalue weighted by Crippen LogP contribution is 2.41. The largest absolute Gasteiger partial charge is 0.443 e. The molecule has 0 saturated carbocycles. The number of carbonyl (C=O) groups is 3. The maximum Gasteiger partial charge on any atom is 0.304 e. The Labute approximate surface area is 245 Å². The van der Waals surface area contributed by atoms with Crippen LogP contribution in [0.3, 0.4) is 0 Å². The van der Waals surface area contributed by atoms with Crippen LogP contribution in [0.2, 0.25) is 5.02 Å². The van der Waals surface area contributed by atoms with Gasteiger partial charge in [0.15, 0.2) is 0 Å². The van der Waals surface area contributed by atoms with E-state index in [-0.39, 0.29) is 10.6 Å². The predicted octanol–water partition coefficient (Wildman–Crippen LogP) is 8.11. The molecule has 0 N–H and O–H groups in total. The third-order valence-electron chi connectivity index (χ3n) is 7.05. The lowest BCUT2D eigenvalue weighted by molar-refractivity contribution is -0.167. The highest BCUT2D eigenvalue weighted by molar-refractivity contribution is 6.49. The third kappa shape index (κ3) is 5.91. The van der Waals surface area contributed by atoms with E-state index in [2.05, 4.69) is 19.9 Å². The van der Waals surface area contributed by atoms with Crippen molar-refractivity contribution in [2.24, 2.45) is 5.92 Å². The van der Waals surface area contributed by atoms with E-state index in [1.807, 2.05) is 72.5 Å². The van der Waals surface area contributed by atoms with Crippen LogP contribution in [0.25, 0.3) is 11.1 Å². The van der Waals surface area contributed by atoms with Crippen molar-refractivity contribution in [1.82, 2.24) is 0 Å². The van der Waals surface area contributed by atoms with Crippen LogP contribution in [0.4, 0.5) is 5.69 Å². The fourth-order valence-corrected chi connectivity index (χ4v) is 5.11. The van der Waals surface area contributed by atoms with E-state index in [4.69, 9.17) is 27.9 Å². The molecule has 40 heavy (non-hydrogen) atoms. The zero-order valence-electron chi connectivity index (χ0n) is 23.1. The van der Waals surface area contributed by atoms with Gasteiger partial charge >= 0.3 is 5.97 Å². The molecular weight excluding hydrogens is 545 g/mol. The highest BCUT2D eigenvalue weighted by atomic mass is 35.5. The number of rotatable bonds is 7. The van der Waals surface area contributed by atoms with Gasteiger partial charge in [-0.3, -0.25) is 14.4 Å². The molecule has 0 saturated heterocycles. The van der Waals surface area contributed by atoms with Gasteiger partial charge in [0.1, 0.15) is 0 Å². The first kappa shape index (κ1) is 29.3. The summed E-state index contributed by atoms with van der Waals surface area (Å²) >= 11 is 12.6. The van der Waals surface area contributed by atoms with Gasteiger partial charge in [-0.2, -0.15) is 0 Å². The van der Waals surface area contributed by atoms with Crippen molar-refractivity contribution >= 4 is 46.4 Å². The van der Waals surface area contributed by atoms with Crippen LogP contribution >= 0.6 is 23.2 Å². The lowest BCUT2D eigenvalue weighted by Crippen LogP contribution is -2.52. The molecule has 5 nitrogen and oxygen atoms in total. The van der Waals surface area contributed by atoms with Crippen molar-refractivity contribution in [3.63, 3.8) is 0 Å². The highest BCUT2D eigenvalue weighted by Gasteiger charge is 2.52. The number of allylic oxidation sites excluding steroid dienone is 6. The van der Waals surface area contributed by atoms with Crippen LogP contribution in [-0.4, -0.2) is 23.1 Å². The number of esters is 1. The summed E-state index contributed by atoms with van der Waals surface area (Å²) < 4.78 is 5.22. The molecule has 1 aliphatic carbocycles. The number of halogens is 2. The molecule has 0 fully saturated rings. The molecule has 0 bridgehead atoms. The van der Waals surface area contributed by atoms with E-state index < -0.39 is 23.1 Å². The summed E-state index contributed by atoms with van der Waals surface area (Å²) in [5.74, 6) is -1.68. The Morgan fingerprint density at radius 1 is 1.00 bits per heavy atom. The Morgan fingerprint density at radius 2 is 1.60 bits per heavy atom. The van der Waals surface area contributed by atoms with Gasteiger partial charge in [0, 0.05) is 40.7 Å². The summed E-state index contributed by atoms with van der Waals surface area (Å²) in [7, 11) is 0. The maximum atomic E-state index is 13.6. The van der Waals surface area contributed by atoms with Gasteiger partial charge < -0.3 is 9.64 Å². The van der Waals surface area contributed by atoms with E-state index >= 15 is 0 Å². The molecule has 0 unspecified atom stereocenters. The fraction of sp³-hybridized carbons (Fsp3) is 0.242. The first-order valence-electron chi connectivity index (χ1n) is 13.1. The number of carbonyl (C=O) groups excluding carboxylic acids is 3. The second kappa shape index (κ2) is 11.8. The maximum absolute atomic E-state index is 13.6. The minimum absolute atomic E-state index is 0.148. The standard InChI is InChI=1S/C33H31Cl2NO4/c1-6-20(2)17-21(3)7-14-27-18-28-29(31(38)33(5,40-22(4)37)32(39)30(28)35)19-36(27)26-15-10-24(11-16-26)23-8-12-25(34)13-9-23/h7-20H,6H2,1-5H3/b14-7+,21-17+/t20-,33+/m0/s1. The topological polar surface area (TPSA) is 63.7 Å². The Morgan fingerprint density at radius 3 is 2.17 bits per heavy atom. The lowest BCUT2D eigenvalue weighted by atomic mass is 9.79. The van der Waals surface area contributed by atoms with Gasteiger partial charge in [-0.15, -0.1) is 0 Å². The molecule has 206 valence electrons. The number of nitrogens with zero attached hydrogens (tertiary/aromatic N) is 1. The first-order chi connectivity index (χ1) is 18.9. The molecule has 7 heteroatoms. The van der Waals surface area contributed by atoms with Gasteiger partial charge in [0.2, 0.25) is 17.2 Å². The summed E-state index contributed by atoms with van der Waals surface area (Å²) in [5.41, 5.74) is 3.08. The molecular formula is C33H31Cl2NO4. The lowest BCUT2D eigenvalue weighted by Gasteiger charge is -2.35. The van der Waals surface area contributed by atoms with Crippen LogP contribution in [0, 0.1) is 5.92 Å². The number of ketones is 2. The van der Waals surface area contributed by atoms with Crippen molar-refractivity contribution in [3.8, 4) is 11.1 Å². The number of ether oxygens (including phenoxy) is 1. The Kier molecular flexibility index (Phi) is 8.67. The Balaban J connectivity index is 1.81. The molecule has 0 amide bonds. The number of fused-ring (bicyclic) bond motifs is 1. The molecule has 2 atom stereocenters. The van der Waals surface area contributed by atoms with E-state index in [0.717, 1.165) is 35.7 Å². The quantitative estimate of drug-likeness (QED) is 0.189. The SMILES string of the molecule is CC[C@H](C)/C=C(C)/C=C/C1=CC2=C(Cl)C(=O)[C@](C)(OC(C)=O)C(=O)C2=CN1c1ccc(-c2ccc(Cl)cc2)cc1. The summed E-state index contributed by atoms with van der Waals surface area (Å²) in [6.07, 6.45) is 10.5. The van der Waals surface area contributed by atoms with Crippen molar-refractivity contribution in [1.29, 1.82) is 0 Å². The third-order valence-corrected chi connectivity index (χ3v) is 7.67. The van der Waals surface area contributed by atoms with Crippen LogP contribution in [0.1, 0.15) is 41.0 Å². The molecule has 1 heterocycles.